The summed E-state index contributed by atoms with van der Waals surface area (Å²) in [7, 11) is 8.46. The monoisotopic (exact) mass is 459 g/mol. The highest BCUT2D eigenvalue weighted by Gasteiger charge is 2.20. The SMILES string of the molecule is CN(C)C(=NCc1ccccc1)NCCN1CCC(N(C)C)CC1.I. The average molecular weight is 459 g/mol. The minimum atomic E-state index is 0. The van der Waals surface area contributed by atoms with Gasteiger partial charge in [-0.2, -0.15) is 0 Å². The highest BCUT2D eigenvalue weighted by molar-refractivity contribution is 14.0. The molecule has 1 fully saturated rings. The van der Waals surface area contributed by atoms with E-state index < -0.39 is 0 Å². The number of hydrogen-bond donors (Lipinski definition) is 1. The number of likely N-dealkylation sites (tertiary alicyclic amines) is 1. The van der Waals surface area contributed by atoms with E-state index in [-0.39, 0.29) is 24.0 Å². The van der Waals surface area contributed by atoms with Crippen molar-refractivity contribution in [2.75, 3.05) is 54.4 Å². The lowest BCUT2D eigenvalue weighted by Crippen LogP contribution is -2.45. The van der Waals surface area contributed by atoms with Gasteiger partial charge in [0.25, 0.3) is 0 Å². The topological polar surface area (TPSA) is 34.1 Å². The van der Waals surface area contributed by atoms with Crippen molar-refractivity contribution in [3.05, 3.63) is 35.9 Å². The first-order valence-corrected chi connectivity index (χ1v) is 8.94. The van der Waals surface area contributed by atoms with Crippen molar-refractivity contribution in [1.29, 1.82) is 0 Å². The number of piperidine rings is 1. The summed E-state index contributed by atoms with van der Waals surface area (Å²) >= 11 is 0. The van der Waals surface area contributed by atoms with Gasteiger partial charge in [0.05, 0.1) is 6.54 Å². The lowest BCUT2D eigenvalue weighted by molar-refractivity contribution is 0.146. The first-order chi connectivity index (χ1) is 11.6. The molecule has 0 amide bonds. The number of nitrogens with zero attached hydrogens (tertiary/aromatic N) is 4. The van der Waals surface area contributed by atoms with Gasteiger partial charge in [0.15, 0.2) is 5.96 Å². The molecule has 0 aromatic heterocycles. The molecule has 0 aliphatic carbocycles. The Morgan fingerprint density at radius 2 is 1.76 bits per heavy atom. The molecule has 1 heterocycles. The van der Waals surface area contributed by atoms with Crippen molar-refractivity contribution in [2.45, 2.75) is 25.4 Å². The number of guanidine groups is 1. The number of halogens is 1. The van der Waals surface area contributed by atoms with Crippen LogP contribution in [0.4, 0.5) is 0 Å². The molecular formula is C19H34IN5. The Labute approximate surface area is 170 Å². The molecule has 1 aromatic carbocycles. The maximum absolute atomic E-state index is 4.72. The smallest absolute Gasteiger partial charge is 0.193 e. The number of rotatable bonds is 6. The van der Waals surface area contributed by atoms with Gasteiger partial charge in [-0.3, -0.25) is 0 Å². The van der Waals surface area contributed by atoms with E-state index >= 15 is 0 Å². The van der Waals surface area contributed by atoms with Crippen LogP contribution in [0.3, 0.4) is 0 Å². The van der Waals surface area contributed by atoms with Crippen molar-refractivity contribution in [1.82, 2.24) is 20.0 Å². The lowest BCUT2D eigenvalue weighted by atomic mass is 10.0. The van der Waals surface area contributed by atoms with Crippen LogP contribution in [0.1, 0.15) is 18.4 Å². The van der Waals surface area contributed by atoms with Crippen LogP contribution < -0.4 is 5.32 Å². The third-order valence-electron chi connectivity index (χ3n) is 4.68. The molecule has 25 heavy (non-hydrogen) atoms. The molecule has 1 aromatic rings. The lowest BCUT2D eigenvalue weighted by Gasteiger charge is -2.35. The van der Waals surface area contributed by atoms with E-state index in [9.17, 15) is 0 Å². The van der Waals surface area contributed by atoms with Crippen LogP contribution in [-0.4, -0.2) is 81.1 Å². The van der Waals surface area contributed by atoms with E-state index in [1.807, 2.05) is 20.2 Å². The standard InChI is InChI=1S/C19H33N5.HI/c1-22(2)18-10-13-24(14-11-18)15-12-20-19(23(3)4)21-16-17-8-6-5-7-9-17;/h5-9,18H,10-16H2,1-4H3,(H,20,21);1H. The van der Waals surface area contributed by atoms with Gasteiger partial charge in [0.2, 0.25) is 0 Å². The summed E-state index contributed by atoms with van der Waals surface area (Å²) in [5.74, 6) is 0.960. The quantitative estimate of drug-likeness (QED) is 0.403. The van der Waals surface area contributed by atoms with Crippen LogP contribution in [0.25, 0.3) is 0 Å². The summed E-state index contributed by atoms with van der Waals surface area (Å²) in [5.41, 5.74) is 1.24. The largest absolute Gasteiger partial charge is 0.355 e. The second-order valence-electron chi connectivity index (χ2n) is 6.98. The fourth-order valence-corrected chi connectivity index (χ4v) is 3.09. The highest BCUT2D eigenvalue weighted by atomic mass is 127. The van der Waals surface area contributed by atoms with Crippen LogP contribution in [0.2, 0.25) is 0 Å². The van der Waals surface area contributed by atoms with Gasteiger partial charge < -0.3 is 20.0 Å². The van der Waals surface area contributed by atoms with E-state index in [0.29, 0.717) is 0 Å². The normalized spacial score (nSPS) is 16.6. The van der Waals surface area contributed by atoms with Gasteiger partial charge >= 0.3 is 0 Å². The van der Waals surface area contributed by atoms with Gasteiger partial charge in [-0.15, -0.1) is 24.0 Å². The zero-order valence-electron chi connectivity index (χ0n) is 16.1. The van der Waals surface area contributed by atoms with Crippen molar-refractivity contribution in [3.63, 3.8) is 0 Å². The summed E-state index contributed by atoms with van der Waals surface area (Å²) in [6.45, 7) is 5.14. The van der Waals surface area contributed by atoms with Gasteiger partial charge in [0.1, 0.15) is 0 Å². The van der Waals surface area contributed by atoms with Crippen LogP contribution in [0.5, 0.6) is 0 Å². The molecule has 0 atom stereocenters. The molecule has 1 aliphatic rings. The second kappa shape index (κ2) is 11.7. The Kier molecular flexibility index (Phi) is 10.4. The minimum absolute atomic E-state index is 0. The predicted octanol–water partition coefficient (Wildman–Crippen LogP) is 2.34. The number of benzene rings is 1. The molecule has 1 N–H and O–H groups in total. The third kappa shape index (κ3) is 7.92. The van der Waals surface area contributed by atoms with Crippen LogP contribution in [-0.2, 0) is 6.54 Å². The zero-order valence-corrected chi connectivity index (χ0v) is 18.4. The van der Waals surface area contributed by atoms with E-state index in [2.05, 4.69) is 58.4 Å². The number of hydrogen-bond acceptors (Lipinski definition) is 3. The summed E-state index contributed by atoms with van der Waals surface area (Å²) in [4.78, 5) is 11.7. The van der Waals surface area contributed by atoms with Crippen molar-refractivity contribution < 1.29 is 0 Å². The van der Waals surface area contributed by atoms with Crippen molar-refractivity contribution >= 4 is 29.9 Å². The van der Waals surface area contributed by atoms with Crippen molar-refractivity contribution in [2.24, 2.45) is 4.99 Å². The summed E-state index contributed by atoms with van der Waals surface area (Å²) < 4.78 is 0. The van der Waals surface area contributed by atoms with Gasteiger partial charge in [-0.25, -0.2) is 4.99 Å². The molecule has 6 heteroatoms. The molecule has 1 saturated heterocycles. The van der Waals surface area contributed by atoms with Gasteiger partial charge in [-0.1, -0.05) is 30.3 Å². The molecule has 0 radical (unpaired) electrons. The van der Waals surface area contributed by atoms with Crippen molar-refractivity contribution in [3.8, 4) is 0 Å². The molecule has 0 spiro atoms. The molecule has 1 aliphatic heterocycles. The summed E-state index contributed by atoms with van der Waals surface area (Å²) in [5, 5.41) is 3.49. The zero-order chi connectivity index (χ0) is 17.4. The van der Waals surface area contributed by atoms with Gasteiger partial charge in [-0.05, 0) is 45.6 Å². The molecule has 2 rings (SSSR count). The van der Waals surface area contributed by atoms with E-state index in [4.69, 9.17) is 4.99 Å². The van der Waals surface area contributed by atoms with Crippen LogP contribution in [0.15, 0.2) is 35.3 Å². The first-order valence-electron chi connectivity index (χ1n) is 8.94. The van der Waals surface area contributed by atoms with Crippen LogP contribution >= 0.6 is 24.0 Å². The molecular weight excluding hydrogens is 425 g/mol. The Bertz CT molecular complexity index is 496. The van der Waals surface area contributed by atoms with E-state index in [0.717, 1.165) is 31.6 Å². The number of aliphatic imine (C=N–C) groups is 1. The fraction of sp³-hybridized carbons (Fsp3) is 0.632. The molecule has 5 nitrogen and oxygen atoms in total. The van der Waals surface area contributed by atoms with E-state index in [1.54, 1.807) is 0 Å². The summed E-state index contributed by atoms with van der Waals surface area (Å²) in [6.07, 6.45) is 2.55. The Morgan fingerprint density at radius 3 is 2.32 bits per heavy atom. The second-order valence-corrected chi connectivity index (χ2v) is 6.98. The highest BCUT2D eigenvalue weighted by Crippen LogP contribution is 2.13. The Balaban J connectivity index is 0.00000312. The predicted molar refractivity (Wildman–Crippen MR) is 118 cm³/mol. The molecule has 0 saturated carbocycles. The first kappa shape index (κ1) is 22.2. The molecule has 0 unspecified atom stereocenters. The fourth-order valence-electron chi connectivity index (χ4n) is 3.09. The molecule has 0 bridgehead atoms. The molecule has 142 valence electrons. The summed E-state index contributed by atoms with van der Waals surface area (Å²) in [6, 6.07) is 11.1. The van der Waals surface area contributed by atoms with Gasteiger partial charge in [0, 0.05) is 33.2 Å². The maximum atomic E-state index is 4.72. The Hall–Kier alpha value is -0.860. The minimum Gasteiger partial charge on any atom is -0.355 e. The third-order valence-corrected chi connectivity index (χ3v) is 4.68. The average Bonchev–Trinajstić information content (AvgIpc) is 2.59. The Morgan fingerprint density at radius 1 is 1.12 bits per heavy atom. The van der Waals surface area contributed by atoms with Crippen LogP contribution in [0, 0.1) is 0 Å². The maximum Gasteiger partial charge on any atom is 0.193 e. The number of nitrogens with one attached hydrogen (secondary N) is 1. The van der Waals surface area contributed by atoms with E-state index in [1.165, 1.54) is 31.5 Å².